The molecule has 1 saturated carbocycles. The number of nitrogens with zero attached hydrogens (tertiary/aromatic N) is 2. The van der Waals surface area contributed by atoms with Gasteiger partial charge in [0, 0.05) is 6.54 Å². The lowest BCUT2D eigenvalue weighted by Crippen LogP contribution is -2.33. The van der Waals surface area contributed by atoms with Crippen molar-refractivity contribution in [3.63, 3.8) is 0 Å². The molecule has 0 aromatic carbocycles. The molecular formula is C10H14ClN3O. The topological polar surface area (TPSA) is 58.0 Å². The van der Waals surface area contributed by atoms with Crippen LogP contribution in [0.2, 0.25) is 5.15 Å². The van der Waals surface area contributed by atoms with Gasteiger partial charge in [0.15, 0.2) is 0 Å². The molecule has 0 saturated heterocycles. The van der Waals surface area contributed by atoms with Crippen LogP contribution in [0.3, 0.4) is 0 Å². The van der Waals surface area contributed by atoms with Crippen LogP contribution in [0.1, 0.15) is 25.7 Å². The summed E-state index contributed by atoms with van der Waals surface area (Å²) >= 11 is 5.70. The maximum atomic E-state index is 10.1. The molecule has 1 aromatic rings. The van der Waals surface area contributed by atoms with Gasteiger partial charge in [-0.05, 0) is 12.8 Å². The molecule has 82 valence electrons. The van der Waals surface area contributed by atoms with Crippen LogP contribution >= 0.6 is 11.6 Å². The van der Waals surface area contributed by atoms with Gasteiger partial charge in [0.1, 0.15) is 11.0 Å². The van der Waals surface area contributed by atoms with Crippen LogP contribution in [0.25, 0.3) is 0 Å². The van der Waals surface area contributed by atoms with Crippen molar-refractivity contribution < 1.29 is 5.11 Å². The summed E-state index contributed by atoms with van der Waals surface area (Å²) < 4.78 is 0. The Bertz CT molecular complexity index is 339. The Balaban J connectivity index is 1.92. The first-order chi connectivity index (χ1) is 7.18. The van der Waals surface area contributed by atoms with E-state index in [4.69, 9.17) is 11.6 Å². The molecule has 15 heavy (non-hydrogen) atoms. The zero-order valence-corrected chi connectivity index (χ0v) is 9.17. The molecule has 0 bridgehead atoms. The van der Waals surface area contributed by atoms with Gasteiger partial charge in [-0.2, -0.15) is 0 Å². The Labute approximate surface area is 93.7 Å². The smallest absolute Gasteiger partial charge is 0.149 e. The molecule has 1 fully saturated rings. The van der Waals surface area contributed by atoms with E-state index in [2.05, 4.69) is 15.3 Å². The highest BCUT2D eigenvalue weighted by Gasteiger charge is 2.30. The zero-order chi connectivity index (χ0) is 10.7. The van der Waals surface area contributed by atoms with Gasteiger partial charge < -0.3 is 10.4 Å². The molecule has 1 heterocycles. The van der Waals surface area contributed by atoms with E-state index in [-0.39, 0.29) is 0 Å². The fraction of sp³-hybridized carbons (Fsp3) is 0.600. The summed E-state index contributed by atoms with van der Waals surface area (Å²) in [7, 11) is 0. The fourth-order valence-electron chi connectivity index (χ4n) is 1.89. The standard InChI is InChI=1S/C10H14ClN3O/c11-8-5-12-6-9(14-8)13-7-10(15)3-1-2-4-10/h5-6,15H,1-4,7H2,(H,13,14). The first-order valence-corrected chi connectivity index (χ1v) is 5.50. The maximum absolute atomic E-state index is 10.1. The van der Waals surface area contributed by atoms with Crippen molar-refractivity contribution in [1.29, 1.82) is 0 Å². The summed E-state index contributed by atoms with van der Waals surface area (Å²) in [6.07, 6.45) is 6.99. The van der Waals surface area contributed by atoms with E-state index in [0.29, 0.717) is 17.5 Å². The van der Waals surface area contributed by atoms with Gasteiger partial charge in [0.2, 0.25) is 0 Å². The molecule has 0 amide bonds. The molecule has 2 rings (SSSR count). The summed E-state index contributed by atoms with van der Waals surface area (Å²) in [6, 6.07) is 0. The molecule has 2 N–H and O–H groups in total. The summed E-state index contributed by atoms with van der Waals surface area (Å²) in [4.78, 5) is 7.96. The minimum atomic E-state index is -0.579. The number of rotatable bonds is 3. The van der Waals surface area contributed by atoms with E-state index >= 15 is 0 Å². The number of hydrogen-bond acceptors (Lipinski definition) is 4. The molecule has 1 aromatic heterocycles. The van der Waals surface area contributed by atoms with Gasteiger partial charge in [0.25, 0.3) is 0 Å². The quantitative estimate of drug-likeness (QED) is 0.828. The Morgan fingerprint density at radius 3 is 2.80 bits per heavy atom. The lowest BCUT2D eigenvalue weighted by Gasteiger charge is -2.22. The minimum absolute atomic E-state index is 0.360. The van der Waals surface area contributed by atoms with Crippen molar-refractivity contribution >= 4 is 17.4 Å². The maximum Gasteiger partial charge on any atom is 0.149 e. The molecular weight excluding hydrogens is 214 g/mol. The average Bonchev–Trinajstić information content (AvgIpc) is 2.63. The van der Waals surface area contributed by atoms with Crippen LogP contribution in [0.15, 0.2) is 12.4 Å². The molecule has 0 atom stereocenters. The Kier molecular flexibility index (Phi) is 3.07. The number of nitrogens with one attached hydrogen (secondary N) is 1. The van der Waals surface area contributed by atoms with Crippen molar-refractivity contribution in [3.8, 4) is 0 Å². The number of aliphatic hydroxyl groups is 1. The van der Waals surface area contributed by atoms with Gasteiger partial charge >= 0.3 is 0 Å². The molecule has 0 spiro atoms. The second-order valence-electron chi connectivity index (χ2n) is 4.01. The Morgan fingerprint density at radius 2 is 2.13 bits per heavy atom. The van der Waals surface area contributed by atoms with Crippen molar-refractivity contribution in [3.05, 3.63) is 17.5 Å². The normalized spacial score (nSPS) is 19.1. The van der Waals surface area contributed by atoms with E-state index in [1.54, 1.807) is 6.20 Å². The Hall–Kier alpha value is -0.870. The van der Waals surface area contributed by atoms with Crippen LogP contribution in [0, 0.1) is 0 Å². The van der Waals surface area contributed by atoms with Crippen molar-refractivity contribution in [2.75, 3.05) is 11.9 Å². The van der Waals surface area contributed by atoms with Gasteiger partial charge in [-0.15, -0.1) is 0 Å². The van der Waals surface area contributed by atoms with Crippen molar-refractivity contribution in [2.45, 2.75) is 31.3 Å². The third-order valence-corrected chi connectivity index (χ3v) is 2.92. The first-order valence-electron chi connectivity index (χ1n) is 5.12. The van der Waals surface area contributed by atoms with Gasteiger partial charge in [-0.25, -0.2) is 4.98 Å². The highest BCUT2D eigenvalue weighted by atomic mass is 35.5. The summed E-state index contributed by atoms with van der Waals surface area (Å²) in [5.41, 5.74) is -0.579. The molecule has 5 heteroatoms. The third-order valence-electron chi connectivity index (χ3n) is 2.74. The average molecular weight is 228 g/mol. The number of aromatic nitrogens is 2. The van der Waals surface area contributed by atoms with Gasteiger partial charge in [0.05, 0.1) is 18.0 Å². The van der Waals surface area contributed by atoms with Crippen LogP contribution in [0.5, 0.6) is 0 Å². The van der Waals surface area contributed by atoms with E-state index in [1.165, 1.54) is 6.20 Å². The van der Waals surface area contributed by atoms with Crippen LogP contribution < -0.4 is 5.32 Å². The Morgan fingerprint density at radius 1 is 1.40 bits per heavy atom. The van der Waals surface area contributed by atoms with E-state index in [0.717, 1.165) is 25.7 Å². The molecule has 0 unspecified atom stereocenters. The van der Waals surface area contributed by atoms with Gasteiger partial charge in [-0.1, -0.05) is 24.4 Å². The summed E-state index contributed by atoms with van der Waals surface area (Å²) in [5.74, 6) is 0.614. The molecule has 0 radical (unpaired) electrons. The minimum Gasteiger partial charge on any atom is -0.388 e. The molecule has 0 aliphatic heterocycles. The van der Waals surface area contributed by atoms with E-state index in [9.17, 15) is 5.11 Å². The summed E-state index contributed by atoms with van der Waals surface area (Å²) in [5, 5.41) is 13.5. The molecule has 1 aliphatic rings. The first kappa shape index (κ1) is 10.6. The number of halogens is 1. The largest absolute Gasteiger partial charge is 0.388 e. The number of hydrogen-bond donors (Lipinski definition) is 2. The fourth-order valence-corrected chi connectivity index (χ4v) is 2.04. The van der Waals surface area contributed by atoms with Crippen LogP contribution in [-0.4, -0.2) is 27.2 Å². The second kappa shape index (κ2) is 4.33. The third kappa shape index (κ3) is 2.79. The second-order valence-corrected chi connectivity index (χ2v) is 4.40. The zero-order valence-electron chi connectivity index (χ0n) is 8.41. The highest BCUT2D eigenvalue weighted by Crippen LogP contribution is 2.29. The van der Waals surface area contributed by atoms with Crippen LogP contribution in [0.4, 0.5) is 5.82 Å². The monoisotopic (exact) mass is 227 g/mol. The predicted molar refractivity (Wildman–Crippen MR) is 58.9 cm³/mol. The SMILES string of the molecule is OC1(CNc2cncc(Cl)n2)CCCC1. The molecule has 1 aliphatic carbocycles. The van der Waals surface area contributed by atoms with E-state index in [1.807, 2.05) is 0 Å². The lowest BCUT2D eigenvalue weighted by molar-refractivity contribution is 0.0614. The highest BCUT2D eigenvalue weighted by molar-refractivity contribution is 6.29. The summed E-state index contributed by atoms with van der Waals surface area (Å²) in [6.45, 7) is 0.516. The number of anilines is 1. The van der Waals surface area contributed by atoms with Gasteiger partial charge in [-0.3, -0.25) is 4.98 Å². The van der Waals surface area contributed by atoms with Crippen LogP contribution in [-0.2, 0) is 0 Å². The van der Waals surface area contributed by atoms with Crippen molar-refractivity contribution in [2.24, 2.45) is 0 Å². The predicted octanol–water partition coefficient (Wildman–Crippen LogP) is 1.85. The van der Waals surface area contributed by atoms with Crippen molar-refractivity contribution in [1.82, 2.24) is 9.97 Å². The lowest BCUT2D eigenvalue weighted by atomic mass is 10.0. The van der Waals surface area contributed by atoms with E-state index < -0.39 is 5.60 Å². The molecule has 4 nitrogen and oxygen atoms in total.